The number of nitrogens with one attached hydrogen (secondary N) is 1. The zero-order valence-electron chi connectivity index (χ0n) is 13.7. The molecule has 2 heteroatoms. The molecule has 0 spiro atoms. The van der Waals surface area contributed by atoms with Crippen LogP contribution in [0.3, 0.4) is 0 Å². The Bertz CT molecular complexity index is 619. The lowest BCUT2D eigenvalue weighted by atomic mass is 9.94. The van der Waals surface area contributed by atoms with Crippen LogP contribution in [0.4, 0.5) is 0 Å². The Morgan fingerprint density at radius 3 is 2.38 bits per heavy atom. The van der Waals surface area contributed by atoms with Crippen LogP contribution in [0, 0.1) is 20.8 Å². The molecule has 21 heavy (non-hydrogen) atoms. The second kappa shape index (κ2) is 6.77. The zero-order chi connectivity index (χ0) is 15.4. The molecule has 0 amide bonds. The standard InChI is InChI=1S/C19H25NO/c1-6-21-18-10-7-13(2)11-17(18)19(20-5)16-9-8-14(3)15(4)12-16/h7-12,19-20H,6H2,1-5H3. The van der Waals surface area contributed by atoms with Crippen LogP contribution >= 0.6 is 0 Å². The van der Waals surface area contributed by atoms with E-state index in [0.29, 0.717) is 6.61 Å². The Morgan fingerprint density at radius 1 is 1.00 bits per heavy atom. The average Bonchev–Trinajstić information content (AvgIpc) is 2.46. The highest BCUT2D eigenvalue weighted by Crippen LogP contribution is 2.31. The van der Waals surface area contributed by atoms with Gasteiger partial charge < -0.3 is 10.1 Å². The Morgan fingerprint density at radius 2 is 1.76 bits per heavy atom. The monoisotopic (exact) mass is 283 g/mol. The Kier molecular flexibility index (Phi) is 5.03. The fraction of sp³-hybridized carbons (Fsp3) is 0.368. The van der Waals surface area contributed by atoms with Gasteiger partial charge in [-0.1, -0.05) is 35.9 Å². The lowest BCUT2D eigenvalue weighted by Gasteiger charge is -2.22. The van der Waals surface area contributed by atoms with E-state index < -0.39 is 0 Å². The lowest BCUT2D eigenvalue weighted by Crippen LogP contribution is -2.19. The van der Waals surface area contributed by atoms with Crippen molar-refractivity contribution in [1.82, 2.24) is 5.32 Å². The Hall–Kier alpha value is -1.80. The van der Waals surface area contributed by atoms with Crippen molar-refractivity contribution in [1.29, 1.82) is 0 Å². The van der Waals surface area contributed by atoms with Crippen LogP contribution in [0.2, 0.25) is 0 Å². The van der Waals surface area contributed by atoms with E-state index >= 15 is 0 Å². The normalized spacial score (nSPS) is 12.2. The Labute approximate surface area is 128 Å². The molecule has 2 rings (SSSR count). The van der Waals surface area contributed by atoms with Gasteiger partial charge in [0.1, 0.15) is 5.75 Å². The van der Waals surface area contributed by atoms with Gasteiger partial charge in [-0.05, 0) is 57.5 Å². The molecule has 1 unspecified atom stereocenters. The maximum Gasteiger partial charge on any atom is 0.124 e. The first-order valence-corrected chi connectivity index (χ1v) is 7.54. The molecule has 0 aliphatic rings. The van der Waals surface area contributed by atoms with Gasteiger partial charge in [-0.25, -0.2) is 0 Å². The van der Waals surface area contributed by atoms with Gasteiger partial charge in [0, 0.05) is 5.56 Å². The van der Waals surface area contributed by atoms with E-state index in [4.69, 9.17) is 4.74 Å². The predicted octanol–water partition coefficient (Wildman–Crippen LogP) is 4.32. The smallest absolute Gasteiger partial charge is 0.124 e. The van der Waals surface area contributed by atoms with Crippen molar-refractivity contribution in [3.8, 4) is 5.75 Å². The maximum absolute atomic E-state index is 5.81. The SMILES string of the molecule is CCOc1ccc(C)cc1C(NC)c1ccc(C)c(C)c1. The molecular weight excluding hydrogens is 258 g/mol. The number of ether oxygens (including phenoxy) is 1. The minimum Gasteiger partial charge on any atom is -0.494 e. The minimum absolute atomic E-state index is 0.144. The molecule has 0 fully saturated rings. The van der Waals surface area contributed by atoms with Gasteiger partial charge in [0.15, 0.2) is 0 Å². The summed E-state index contributed by atoms with van der Waals surface area (Å²) < 4.78 is 5.81. The van der Waals surface area contributed by atoms with Crippen LogP contribution in [0.5, 0.6) is 5.75 Å². The molecule has 1 N–H and O–H groups in total. The summed E-state index contributed by atoms with van der Waals surface area (Å²) >= 11 is 0. The van der Waals surface area contributed by atoms with E-state index in [2.05, 4.69) is 62.5 Å². The first kappa shape index (κ1) is 15.6. The highest BCUT2D eigenvalue weighted by Gasteiger charge is 2.17. The highest BCUT2D eigenvalue weighted by molar-refractivity contribution is 5.45. The third-order valence-corrected chi connectivity index (χ3v) is 3.93. The minimum atomic E-state index is 0.144. The van der Waals surface area contributed by atoms with Crippen LogP contribution in [-0.4, -0.2) is 13.7 Å². The van der Waals surface area contributed by atoms with Crippen molar-refractivity contribution in [3.63, 3.8) is 0 Å². The van der Waals surface area contributed by atoms with E-state index in [1.54, 1.807) is 0 Å². The molecule has 2 aromatic rings. The zero-order valence-corrected chi connectivity index (χ0v) is 13.7. The molecule has 0 aliphatic carbocycles. The second-order valence-electron chi connectivity index (χ2n) is 5.54. The number of hydrogen-bond acceptors (Lipinski definition) is 2. The summed E-state index contributed by atoms with van der Waals surface area (Å²) in [6.45, 7) is 9.12. The first-order valence-electron chi connectivity index (χ1n) is 7.54. The lowest BCUT2D eigenvalue weighted by molar-refractivity contribution is 0.334. The van der Waals surface area contributed by atoms with Gasteiger partial charge in [-0.2, -0.15) is 0 Å². The molecular formula is C19H25NO. The van der Waals surface area contributed by atoms with E-state index in [1.165, 1.54) is 27.8 Å². The summed E-state index contributed by atoms with van der Waals surface area (Å²) in [5.74, 6) is 0.959. The molecule has 1 atom stereocenters. The van der Waals surface area contributed by atoms with E-state index in [0.717, 1.165) is 5.75 Å². The second-order valence-corrected chi connectivity index (χ2v) is 5.54. The quantitative estimate of drug-likeness (QED) is 0.882. The third kappa shape index (κ3) is 3.45. The van der Waals surface area contributed by atoms with Crippen LogP contribution in [0.1, 0.15) is 40.8 Å². The molecule has 0 aliphatic heterocycles. The van der Waals surface area contributed by atoms with Crippen LogP contribution < -0.4 is 10.1 Å². The molecule has 2 aromatic carbocycles. The average molecular weight is 283 g/mol. The van der Waals surface area contributed by atoms with Crippen molar-refractivity contribution in [2.75, 3.05) is 13.7 Å². The summed E-state index contributed by atoms with van der Waals surface area (Å²) in [6, 6.07) is 13.2. The summed E-state index contributed by atoms with van der Waals surface area (Å²) in [4.78, 5) is 0. The fourth-order valence-corrected chi connectivity index (χ4v) is 2.63. The van der Waals surface area contributed by atoms with Gasteiger partial charge in [0.25, 0.3) is 0 Å². The molecule has 112 valence electrons. The van der Waals surface area contributed by atoms with Crippen LogP contribution in [-0.2, 0) is 0 Å². The largest absolute Gasteiger partial charge is 0.494 e. The van der Waals surface area contributed by atoms with E-state index in [9.17, 15) is 0 Å². The number of benzene rings is 2. The molecule has 0 saturated carbocycles. The van der Waals surface area contributed by atoms with Crippen molar-refractivity contribution >= 4 is 0 Å². The van der Waals surface area contributed by atoms with Crippen molar-refractivity contribution < 1.29 is 4.74 Å². The summed E-state index contributed by atoms with van der Waals surface area (Å²) in [5, 5.41) is 3.43. The number of hydrogen-bond donors (Lipinski definition) is 1. The van der Waals surface area contributed by atoms with Gasteiger partial charge in [-0.15, -0.1) is 0 Å². The highest BCUT2D eigenvalue weighted by atomic mass is 16.5. The topological polar surface area (TPSA) is 21.3 Å². The van der Waals surface area contributed by atoms with Crippen molar-refractivity contribution in [2.45, 2.75) is 33.7 Å². The molecule has 0 bridgehead atoms. The number of aryl methyl sites for hydroxylation is 3. The molecule has 0 heterocycles. The van der Waals surface area contributed by atoms with Gasteiger partial charge >= 0.3 is 0 Å². The first-order chi connectivity index (χ1) is 10.1. The van der Waals surface area contributed by atoms with Crippen LogP contribution in [0.25, 0.3) is 0 Å². The van der Waals surface area contributed by atoms with E-state index in [1.807, 2.05) is 14.0 Å². The molecule has 0 saturated heterocycles. The van der Waals surface area contributed by atoms with Crippen molar-refractivity contribution in [2.24, 2.45) is 0 Å². The third-order valence-electron chi connectivity index (χ3n) is 3.93. The van der Waals surface area contributed by atoms with E-state index in [-0.39, 0.29) is 6.04 Å². The van der Waals surface area contributed by atoms with Crippen molar-refractivity contribution in [3.05, 3.63) is 64.2 Å². The molecule has 2 nitrogen and oxygen atoms in total. The van der Waals surface area contributed by atoms with Gasteiger partial charge in [0.2, 0.25) is 0 Å². The summed E-state index contributed by atoms with van der Waals surface area (Å²) in [7, 11) is 2.00. The van der Waals surface area contributed by atoms with Crippen LogP contribution in [0.15, 0.2) is 36.4 Å². The maximum atomic E-state index is 5.81. The fourth-order valence-electron chi connectivity index (χ4n) is 2.63. The summed E-state index contributed by atoms with van der Waals surface area (Å²) in [5.41, 5.74) is 6.36. The number of rotatable bonds is 5. The molecule has 0 aromatic heterocycles. The van der Waals surface area contributed by atoms with Gasteiger partial charge in [-0.3, -0.25) is 0 Å². The Balaban J connectivity index is 2.49. The van der Waals surface area contributed by atoms with Gasteiger partial charge in [0.05, 0.1) is 12.6 Å². The summed E-state index contributed by atoms with van der Waals surface area (Å²) in [6.07, 6.45) is 0. The molecule has 0 radical (unpaired) electrons. The predicted molar refractivity (Wildman–Crippen MR) is 89.2 cm³/mol.